The number of aliphatic imine (C=N–C) groups is 1. The van der Waals surface area contributed by atoms with Gasteiger partial charge in [0.05, 0.1) is 26.3 Å². The number of hydrogen-bond acceptors (Lipinski definition) is 4. The molecule has 160 valence electrons. The number of benzene rings is 1. The normalized spacial score (nSPS) is 15.7. The van der Waals surface area contributed by atoms with Gasteiger partial charge in [0, 0.05) is 31.2 Å². The summed E-state index contributed by atoms with van der Waals surface area (Å²) in [5, 5.41) is 6.36. The van der Waals surface area contributed by atoms with E-state index < -0.39 is 11.6 Å². The largest absolute Gasteiger partial charge is 0.489 e. The molecule has 1 saturated heterocycles. The van der Waals surface area contributed by atoms with E-state index in [1.54, 1.807) is 0 Å². The molecule has 6 nitrogen and oxygen atoms in total. The van der Waals surface area contributed by atoms with Gasteiger partial charge in [-0.05, 0) is 32.9 Å². The molecule has 0 bridgehead atoms. The third kappa shape index (κ3) is 8.04. The van der Waals surface area contributed by atoms with Crippen LogP contribution in [-0.2, 0) is 4.74 Å². The van der Waals surface area contributed by atoms with E-state index in [9.17, 15) is 8.78 Å². The van der Waals surface area contributed by atoms with Gasteiger partial charge < -0.3 is 20.1 Å². The summed E-state index contributed by atoms with van der Waals surface area (Å²) in [6.07, 6.45) is 0. The molecule has 0 spiro atoms. The highest BCUT2D eigenvalue weighted by Crippen LogP contribution is 2.17. The van der Waals surface area contributed by atoms with E-state index in [1.807, 2.05) is 6.92 Å². The van der Waals surface area contributed by atoms with Crippen LogP contribution >= 0.6 is 24.0 Å². The fourth-order valence-electron chi connectivity index (χ4n) is 2.81. The highest BCUT2D eigenvalue weighted by atomic mass is 127. The van der Waals surface area contributed by atoms with E-state index in [4.69, 9.17) is 9.47 Å². The quantitative estimate of drug-likeness (QED) is 0.243. The van der Waals surface area contributed by atoms with Crippen molar-refractivity contribution in [2.75, 3.05) is 52.5 Å². The fourth-order valence-corrected chi connectivity index (χ4v) is 2.81. The van der Waals surface area contributed by atoms with Crippen LogP contribution in [0, 0.1) is 11.6 Å². The molecule has 2 rings (SSSR count). The molecule has 28 heavy (non-hydrogen) atoms. The van der Waals surface area contributed by atoms with Crippen molar-refractivity contribution in [3.05, 3.63) is 29.8 Å². The molecule has 0 unspecified atom stereocenters. The van der Waals surface area contributed by atoms with Gasteiger partial charge in [-0.2, -0.15) is 0 Å². The molecule has 1 aromatic rings. The first kappa shape index (κ1) is 24.8. The molecule has 1 aromatic carbocycles. The second-order valence-electron chi connectivity index (χ2n) is 6.96. The minimum absolute atomic E-state index is 0. The number of rotatable bonds is 8. The van der Waals surface area contributed by atoms with Gasteiger partial charge in [-0.25, -0.2) is 8.78 Å². The Morgan fingerprint density at radius 3 is 2.61 bits per heavy atom. The minimum Gasteiger partial charge on any atom is -0.489 e. The third-order valence-corrected chi connectivity index (χ3v) is 4.38. The Morgan fingerprint density at radius 1 is 1.25 bits per heavy atom. The molecule has 9 heteroatoms. The molecule has 0 aromatic heterocycles. The lowest BCUT2D eigenvalue weighted by atomic mass is 10.0. The summed E-state index contributed by atoms with van der Waals surface area (Å²) in [7, 11) is 0. The fraction of sp³-hybridized carbons (Fsp3) is 0.632. The molecule has 2 N–H and O–H groups in total. The minimum atomic E-state index is -0.706. The summed E-state index contributed by atoms with van der Waals surface area (Å²) in [5.74, 6) is -0.610. The van der Waals surface area contributed by atoms with E-state index in [0.29, 0.717) is 19.0 Å². The van der Waals surface area contributed by atoms with Crippen molar-refractivity contribution in [3.63, 3.8) is 0 Å². The van der Waals surface area contributed by atoms with E-state index in [-0.39, 0.29) is 41.9 Å². The van der Waals surface area contributed by atoms with Gasteiger partial charge in [0.1, 0.15) is 12.4 Å². The monoisotopic (exact) mass is 512 g/mol. The first-order valence-corrected chi connectivity index (χ1v) is 9.35. The topological polar surface area (TPSA) is 58.1 Å². The van der Waals surface area contributed by atoms with Gasteiger partial charge in [-0.1, -0.05) is 0 Å². The van der Waals surface area contributed by atoms with Gasteiger partial charge in [-0.3, -0.25) is 9.89 Å². The van der Waals surface area contributed by atoms with Crippen LogP contribution in [0.5, 0.6) is 5.75 Å². The summed E-state index contributed by atoms with van der Waals surface area (Å²) < 4.78 is 37.2. The maximum absolute atomic E-state index is 13.6. The Kier molecular flexibility index (Phi) is 11.0. The lowest BCUT2D eigenvalue weighted by molar-refractivity contribution is -0.00683. The predicted octanol–water partition coefficient (Wildman–Crippen LogP) is 2.63. The van der Waals surface area contributed by atoms with Crippen LogP contribution in [0.25, 0.3) is 0 Å². The van der Waals surface area contributed by atoms with E-state index in [0.717, 1.165) is 38.9 Å². The average Bonchev–Trinajstić information content (AvgIpc) is 2.65. The summed E-state index contributed by atoms with van der Waals surface area (Å²) in [6, 6.07) is 3.27. The Balaban J connectivity index is 0.00000392. The number of guanidine groups is 1. The zero-order valence-corrected chi connectivity index (χ0v) is 19.1. The molecule has 0 amide bonds. The lowest BCUT2D eigenvalue weighted by Crippen LogP contribution is -2.52. The highest BCUT2D eigenvalue weighted by Gasteiger charge is 2.28. The third-order valence-electron chi connectivity index (χ3n) is 4.38. The Morgan fingerprint density at radius 2 is 1.96 bits per heavy atom. The summed E-state index contributed by atoms with van der Waals surface area (Å²) in [6.45, 7) is 11.7. The molecule has 0 radical (unpaired) electrons. The first-order chi connectivity index (χ1) is 12.9. The van der Waals surface area contributed by atoms with Crippen LogP contribution in [0.3, 0.4) is 0 Å². The van der Waals surface area contributed by atoms with Crippen molar-refractivity contribution in [2.24, 2.45) is 4.99 Å². The first-order valence-electron chi connectivity index (χ1n) is 9.35. The molecule has 0 aliphatic carbocycles. The van der Waals surface area contributed by atoms with E-state index in [2.05, 4.69) is 34.4 Å². The zero-order chi connectivity index (χ0) is 19.7. The van der Waals surface area contributed by atoms with Crippen molar-refractivity contribution in [3.8, 4) is 5.75 Å². The van der Waals surface area contributed by atoms with Crippen LogP contribution in [0.4, 0.5) is 8.78 Å². The summed E-state index contributed by atoms with van der Waals surface area (Å²) in [4.78, 5) is 7.05. The molecular weight excluding hydrogens is 481 g/mol. The van der Waals surface area contributed by atoms with Crippen LogP contribution in [0.15, 0.2) is 23.2 Å². The van der Waals surface area contributed by atoms with Gasteiger partial charge in [-0.15, -0.1) is 24.0 Å². The second-order valence-corrected chi connectivity index (χ2v) is 6.96. The lowest BCUT2D eigenvalue weighted by Gasteiger charge is -2.39. The van der Waals surface area contributed by atoms with Crippen molar-refractivity contribution in [1.82, 2.24) is 15.5 Å². The average molecular weight is 512 g/mol. The zero-order valence-electron chi connectivity index (χ0n) is 16.8. The number of ether oxygens (including phenoxy) is 2. The Bertz CT molecular complexity index is 626. The van der Waals surface area contributed by atoms with Crippen LogP contribution < -0.4 is 15.4 Å². The maximum atomic E-state index is 13.6. The van der Waals surface area contributed by atoms with Crippen molar-refractivity contribution >= 4 is 29.9 Å². The van der Waals surface area contributed by atoms with Crippen LogP contribution in [0.2, 0.25) is 0 Å². The van der Waals surface area contributed by atoms with Crippen molar-refractivity contribution in [1.29, 1.82) is 0 Å². The Hall–Kier alpha value is -1.20. The van der Waals surface area contributed by atoms with E-state index >= 15 is 0 Å². The SMILES string of the molecule is CCNC(=NCC(C)(C)N1CCOCC1)NCCOc1ccc(F)cc1F.I. The van der Waals surface area contributed by atoms with Gasteiger partial charge >= 0.3 is 0 Å². The molecule has 1 fully saturated rings. The van der Waals surface area contributed by atoms with Crippen LogP contribution in [0.1, 0.15) is 20.8 Å². The summed E-state index contributed by atoms with van der Waals surface area (Å²) >= 11 is 0. The van der Waals surface area contributed by atoms with Gasteiger partial charge in [0.15, 0.2) is 17.5 Å². The molecular formula is C19H31F2IN4O2. The predicted molar refractivity (Wildman–Crippen MR) is 118 cm³/mol. The molecule has 0 saturated carbocycles. The number of halogens is 3. The van der Waals surface area contributed by atoms with E-state index in [1.165, 1.54) is 12.1 Å². The Labute approximate surface area is 183 Å². The van der Waals surface area contributed by atoms with Gasteiger partial charge in [0.25, 0.3) is 0 Å². The second kappa shape index (κ2) is 12.4. The molecule has 1 heterocycles. The summed E-state index contributed by atoms with van der Waals surface area (Å²) in [5.41, 5.74) is -0.0696. The van der Waals surface area contributed by atoms with Crippen molar-refractivity contribution < 1.29 is 18.3 Å². The highest BCUT2D eigenvalue weighted by molar-refractivity contribution is 14.0. The molecule has 0 atom stereocenters. The maximum Gasteiger partial charge on any atom is 0.191 e. The van der Waals surface area contributed by atoms with Gasteiger partial charge in [0.2, 0.25) is 0 Å². The standard InChI is InChI=1S/C19H30F2N4O2.HI/c1-4-22-18(24-14-19(2,3)25-8-11-26-12-9-25)23-7-10-27-17-6-5-15(20)13-16(17)21;/h5-6,13H,4,7-12,14H2,1-3H3,(H2,22,23,24);1H. The van der Waals surface area contributed by atoms with Crippen LogP contribution in [-0.4, -0.2) is 68.9 Å². The molecule has 1 aliphatic heterocycles. The molecule has 1 aliphatic rings. The number of morpholine rings is 1. The number of nitrogens with one attached hydrogen (secondary N) is 2. The smallest absolute Gasteiger partial charge is 0.191 e. The van der Waals surface area contributed by atoms with Crippen molar-refractivity contribution in [2.45, 2.75) is 26.3 Å². The number of nitrogens with zero attached hydrogens (tertiary/aromatic N) is 2. The number of hydrogen-bond donors (Lipinski definition) is 2.